The Morgan fingerprint density at radius 1 is 0.964 bits per heavy atom. The van der Waals surface area contributed by atoms with Crippen LogP contribution in [0.2, 0.25) is 0 Å². The van der Waals surface area contributed by atoms with Crippen molar-refractivity contribution in [2.24, 2.45) is 0 Å². The van der Waals surface area contributed by atoms with Gasteiger partial charge >= 0.3 is 6.03 Å². The Hall–Kier alpha value is -3.68. The van der Waals surface area contributed by atoms with Gasteiger partial charge in [0.05, 0.1) is 12.7 Å². The first kappa shape index (κ1) is 19.1. The Balaban J connectivity index is 1.57. The van der Waals surface area contributed by atoms with E-state index < -0.39 is 0 Å². The van der Waals surface area contributed by atoms with Gasteiger partial charge in [0.15, 0.2) is 5.69 Å². The molecule has 0 spiro atoms. The minimum atomic E-state index is -0.349. The molecule has 8 nitrogen and oxygen atoms in total. The molecule has 0 saturated carbocycles. The van der Waals surface area contributed by atoms with E-state index in [1.807, 2.05) is 44.2 Å². The molecule has 8 heteroatoms. The van der Waals surface area contributed by atoms with Crippen LogP contribution in [0.3, 0.4) is 0 Å². The summed E-state index contributed by atoms with van der Waals surface area (Å²) in [6, 6.07) is 16.4. The number of hydrogen-bond acceptors (Lipinski definition) is 4. The van der Waals surface area contributed by atoms with E-state index in [2.05, 4.69) is 26.3 Å². The zero-order valence-corrected chi connectivity index (χ0v) is 15.7. The summed E-state index contributed by atoms with van der Waals surface area (Å²) in [5, 5.41) is 16.2. The van der Waals surface area contributed by atoms with E-state index in [1.165, 1.54) is 0 Å². The van der Waals surface area contributed by atoms with Crippen LogP contribution in [-0.2, 0) is 6.54 Å². The Bertz CT molecular complexity index is 935. The molecule has 0 atom stereocenters. The molecule has 0 aliphatic rings. The van der Waals surface area contributed by atoms with Gasteiger partial charge in [0, 0.05) is 17.4 Å². The Morgan fingerprint density at radius 2 is 1.61 bits per heavy atom. The van der Waals surface area contributed by atoms with Crippen molar-refractivity contribution in [1.29, 1.82) is 0 Å². The third-order valence-electron chi connectivity index (χ3n) is 3.78. The second kappa shape index (κ2) is 8.81. The van der Waals surface area contributed by atoms with E-state index >= 15 is 0 Å². The molecule has 28 heavy (non-hydrogen) atoms. The lowest BCUT2D eigenvalue weighted by Gasteiger charge is -2.10. The van der Waals surface area contributed by atoms with E-state index in [-0.39, 0.29) is 23.7 Å². The monoisotopic (exact) mass is 378 g/mol. The number of nitrogens with one attached hydrogen (secondary N) is 3. The molecule has 2 aromatic carbocycles. The third-order valence-corrected chi connectivity index (χ3v) is 3.78. The molecule has 3 rings (SSSR count). The second-order valence-corrected chi connectivity index (χ2v) is 6.57. The van der Waals surface area contributed by atoms with Crippen molar-refractivity contribution < 1.29 is 9.59 Å². The number of hydrogen-bond donors (Lipinski definition) is 3. The highest BCUT2D eigenvalue weighted by molar-refractivity contribution is 6.02. The number of aromatic nitrogens is 3. The minimum absolute atomic E-state index is 0.0499. The summed E-state index contributed by atoms with van der Waals surface area (Å²) in [7, 11) is 0. The number of nitrogens with zero attached hydrogens (tertiary/aromatic N) is 3. The van der Waals surface area contributed by atoms with Crippen LogP contribution in [-0.4, -0.2) is 33.0 Å². The first-order chi connectivity index (χ1) is 13.5. The first-order valence-electron chi connectivity index (χ1n) is 8.92. The van der Waals surface area contributed by atoms with E-state index in [4.69, 9.17) is 0 Å². The molecule has 0 aliphatic heterocycles. The number of amides is 3. The Labute approximate surface area is 163 Å². The summed E-state index contributed by atoms with van der Waals surface area (Å²) >= 11 is 0. The fraction of sp³-hybridized carbons (Fsp3) is 0.200. The number of anilines is 2. The largest absolute Gasteiger partial charge is 0.336 e. The van der Waals surface area contributed by atoms with Crippen molar-refractivity contribution in [3.63, 3.8) is 0 Å². The third kappa shape index (κ3) is 5.41. The average Bonchev–Trinajstić information content (AvgIpc) is 3.12. The average molecular weight is 378 g/mol. The summed E-state index contributed by atoms with van der Waals surface area (Å²) in [4.78, 5) is 24.1. The molecule has 3 amide bonds. The van der Waals surface area contributed by atoms with E-state index in [1.54, 1.807) is 35.1 Å². The maximum Gasteiger partial charge on any atom is 0.319 e. The van der Waals surface area contributed by atoms with Gasteiger partial charge in [-0.1, -0.05) is 35.5 Å². The van der Waals surface area contributed by atoms with Crippen molar-refractivity contribution in [1.82, 2.24) is 20.3 Å². The summed E-state index contributed by atoms with van der Waals surface area (Å²) in [6.45, 7) is 4.31. The predicted octanol–water partition coefficient (Wildman–Crippen LogP) is 3.11. The fourth-order valence-electron chi connectivity index (χ4n) is 2.51. The van der Waals surface area contributed by atoms with Gasteiger partial charge in [-0.3, -0.25) is 4.79 Å². The lowest BCUT2D eigenvalue weighted by molar-refractivity contribution is 0.102. The van der Waals surface area contributed by atoms with Gasteiger partial charge in [0.25, 0.3) is 5.91 Å². The zero-order valence-electron chi connectivity index (χ0n) is 15.7. The molecule has 144 valence electrons. The summed E-state index contributed by atoms with van der Waals surface area (Å²) in [6.07, 6.45) is 1.61. The highest BCUT2D eigenvalue weighted by Crippen LogP contribution is 2.14. The molecule has 0 bridgehead atoms. The molecule has 3 N–H and O–H groups in total. The van der Waals surface area contributed by atoms with Crippen molar-refractivity contribution in [2.75, 3.05) is 10.6 Å². The standard InChI is InChI=1S/C20H22N6O2/c1-14(2)21-20(28)23-17-10-8-16(9-11-17)22-19(27)18-13-26(25-24-18)12-15-6-4-3-5-7-15/h3-11,13-14H,12H2,1-2H3,(H,22,27)(H2,21,23,28). The topological polar surface area (TPSA) is 101 Å². The first-order valence-corrected chi connectivity index (χ1v) is 8.92. The normalized spacial score (nSPS) is 10.5. The molecular formula is C20H22N6O2. The lowest BCUT2D eigenvalue weighted by atomic mass is 10.2. The smallest absolute Gasteiger partial charge is 0.319 e. The van der Waals surface area contributed by atoms with Gasteiger partial charge in [-0.15, -0.1) is 5.10 Å². The van der Waals surface area contributed by atoms with Crippen LogP contribution in [0.5, 0.6) is 0 Å². The van der Waals surface area contributed by atoms with Gasteiger partial charge in [-0.25, -0.2) is 9.48 Å². The van der Waals surface area contributed by atoms with Gasteiger partial charge in [0.1, 0.15) is 0 Å². The molecular weight excluding hydrogens is 356 g/mol. The van der Waals surface area contributed by atoms with Crippen LogP contribution >= 0.6 is 0 Å². The maximum absolute atomic E-state index is 12.4. The van der Waals surface area contributed by atoms with Crippen molar-refractivity contribution in [2.45, 2.75) is 26.4 Å². The van der Waals surface area contributed by atoms with Crippen LogP contribution in [0.25, 0.3) is 0 Å². The summed E-state index contributed by atoms with van der Waals surface area (Å²) in [5.74, 6) is -0.349. The molecule has 0 unspecified atom stereocenters. The van der Waals surface area contributed by atoms with Crippen LogP contribution in [0, 0.1) is 0 Å². The van der Waals surface area contributed by atoms with Gasteiger partial charge < -0.3 is 16.0 Å². The SMILES string of the molecule is CC(C)NC(=O)Nc1ccc(NC(=O)c2cn(Cc3ccccc3)nn2)cc1. The van der Waals surface area contributed by atoms with E-state index in [0.717, 1.165) is 5.56 Å². The number of urea groups is 1. The highest BCUT2D eigenvalue weighted by atomic mass is 16.2. The molecule has 3 aromatic rings. The lowest BCUT2D eigenvalue weighted by Crippen LogP contribution is -2.34. The van der Waals surface area contributed by atoms with Crippen LogP contribution < -0.4 is 16.0 Å². The maximum atomic E-state index is 12.4. The Morgan fingerprint density at radius 3 is 2.25 bits per heavy atom. The minimum Gasteiger partial charge on any atom is -0.336 e. The van der Waals surface area contributed by atoms with Crippen molar-refractivity contribution in [3.8, 4) is 0 Å². The van der Waals surface area contributed by atoms with Crippen LogP contribution in [0.1, 0.15) is 29.9 Å². The van der Waals surface area contributed by atoms with Crippen LogP contribution in [0.4, 0.5) is 16.2 Å². The van der Waals surface area contributed by atoms with E-state index in [0.29, 0.717) is 17.9 Å². The Kier molecular flexibility index (Phi) is 6.01. The van der Waals surface area contributed by atoms with Crippen LogP contribution in [0.15, 0.2) is 60.8 Å². The van der Waals surface area contributed by atoms with E-state index in [9.17, 15) is 9.59 Å². The van der Waals surface area contributed by atoms with Gasteiger partial charge in [-0.05, 0) is 43.7 Å². The van der Waals surface area contributed by atoms with Crippen molar-refractivity contribution >= 4 is 23.3 Å². The molecule has 0 fully saturated rings. The second-order valence-electron chi connectivity index (χ2n) is 6.57. The number of rotatable bonds is 6. The molecule has 0 saturated heterocycles. The van der Waals surface area contributed by atoms with Gasteiger partial charge in [0.2, 0.25) is 0 Å². The molecule has 0 radical (unpaired) electrons. The summed E-state index contributed by atoms with van der Waals surface area (Å²) < 4.78 is 1.62. The van der Waals surface area contributed by atoms with Gasteiger partial charge in [-0.2, -0.15) is 0 Å². The number of benzene rings is 2. The molecule has 0 aliphatic carbocycles. The zero-order chi connectivity index (χ0) is 19.9. The summed E-state index contributed by atoms with van der Waals surface area (Å²) in [5.41, 5.74) is 2.53. The van der Waals surface area contributed by atoms with Crippen molar-refractivity contribution in [3.05, 3.63) is 72.1 Å². The molecule has 1 heterocycles. The quantitative estimate of drug-likeness (QED) is 0.613. The number of carbonyl (C=O) groups excluding carboxylic acids is 2. The molecule has 1 aromatic heterocycles. The fourth-order valence-corrected chi connectivity index (χ4v) is 2.51. The predicted molar refractivity (Wildman–Crippen MR) is 107 cm³/mol. The number of carbonyl (C=O) groups is 2. The highest BCUT2D eigenvalue weighted by Gasteiger charge is 2.11.